The maximum Gasteiger partial charge on any atom is 0.322 e. The van der Waals surface area contributed by atoms with Gasteiger partial charge in [0.15, 0.2) is 0 Å². The fourth-order valence-corrected chi connectivity index (χ4v) is 3.91. The van der Waals surface area contributed by atoms with Gasteiger partial charge in [-0.2, -0.15) is 17.0 Å². The number of carbonyl (C=O) groups is 1. The minimum Gasteiger partial charge on any atom is -0.480 e. The lowest BCUT2D eigenvalue weighted by Crippen LogP contribution is -2.53. The predicted octanol–water partition coefficient (Wildman–Crippen LogP) is -0.349. The molecule has 1 aliphatic heterocycles. The first-order valence-corrected chi connectivity index (χ1v) is 7.56. The molecule has 1 rings (SSSR count). The van der Waals surface area contributed by atoms with Gasteiger partial charge in [0.25, 0.3) is 10.2 Å². The zero-order chi connectivity index (χ0) is 14.5. The molecule has 0 aromatic rings. The second kappa shape index (κ2) is 6.99. The molecule has 110 valence electrons. The zero-order valence-electron chi connectivity index (χ0n) is 10.7. The molecular formula is C11H20N2O5S. The van der Waals surface area contributed by atoms with Crippen LogP contribution in [-0.2, 0) is 15.0 Å². The number of carboxylic acid groups (broad SMARTS) is 1. The van der Waals surface area contributed by atoms with Crippen molar-refractivity contribution < 1.29 is 23.4 Å². The van der Waals surface area contributed by atoms with Crippen LogP contribution in [0.15, 0.2) is 12.7 Å². The number of aliphatic carboxylic acids is 1. The standard InChI is InChI=1S/C11H20N2O5S/c1-2-6-12(8-9-14)19(17,18)13-7-4-3-5-10(13)11(15)16/h2,10,14H,1,3-9H2,(H,15,16). The van der Waals surface area contributed by atoms with Crippen molar-refractivity contribution in [2.45, 2.75) is 25.3 Å². The monoisotopic (exact) mass is 292 g/mol. The Morgan fingerprint density at radius 1 is 1.47 bits per heavy atom. The maximum atomic E-state index is 12.4. The highest BCUT2D eigenvalue weighted by atomic mass is 32.2. The van der Waals surface area contributed by atoms with E-state index in [4.69, 9.17) is 10.2 Å². The van der Waals surface area contributed by atoms with Crippen LogP contribution in [-0.4, -0.2) is 65.5 Å². The number of rotatable bonds is 7. The summed E-state index contributed by atoms with van der Waals surface area (Å²) >= 11 is 0. The van der Waals surface area contributed by atoms with Crippen molar-refractivity contribution in [1.29, 1.82) is 0 Å². The van der Waals surface area contributed by atoms with Crippen LogP contribution >= 0.6 is 0 Å². The highest BCUT2D eigenvalue weighted by molar-refractivity contribution is 7.86. The van der Waals surface area contributed by atoms with Gasteiger partial charge in [-0.25, -0.2) is 0 Å². The SMILES string of the molecule is C=CCN(CCO)S(=O)(=O)N1CCCCC1C(=O)O. The number of hydrogen-bond acceptors (Lipinski definition) is 4. The van der Waals surface area contributed by atoms with E-state index in [9.17, 15) is 13.2 Å². The van der Waals surface area contributed by atoms with Crippen LogP contribution in [0, 0.1) is 0 Å². The van der Waals surface area contributed by atoms with E-state index in [1.807, 2.05) is 0 Å². The van der Waals surface area contributed by atoms with E-state index in [1.165, 1.54) is 6.08 Å². The van der Waals surface area contributed by atoms with Crippen LogP contribution in [0.1, 0.15) is 19.3 Å². The van der Waals surface area contributed by atoms with Gasteiger partial charge in [0.05, 0.1) is 6.61 Å². The molecule has 1 heterocycles. The summed E-state index contributed by atoms with van der Waals surface area (Å²) in [5.41, 5.74) is 0. The van der Waals surface area contributed by atoms with E-state index >= 15 is 0 Å². The van der Waals surface area contributed by atoms with E-state index in [-0.39, 0.29) is 26.2 Å². The van der Waals surface area contributed by atoms with Crippen molar-refractivity contribution in [1.82, 2.24) is 8.61 Å². The zero-order valence-corrected chi connectivity index (χ0v) is 11.5. The van der Waals surface area contributed by atoms with Gasteiger partial charge in [-0.15, -0.1) is 6.58 Å². The summed E-state index contributed by atoms with van der Waals surface area (Å²) in [6.07, 6.45) is 3.07. The van der Waals surface area contributed by atoms with E-state index in [0.29, 0.717) is 19.3 Å². The summed E-state index contributed by atoms with van der Waals surface area (Å²) in [5, 5.41) is 18.0. The van der Waals surface area contributed by atoms with E-state index in [2.05, 4.69) is 6.58 Å². The van der Waals surface area contributed by atoms with Gasteiger partial charge in [0.2, 0.25) is 0 Å². The van der Waals surface area contributed by atoms with Crippen molar-refractivity contribution in [3.63, 3.8) is 0 Å². The molecule has 0 aromatic carbocycles. The number of nitrogens with zero attached hydrogens (tertiary/aromatic N) is 2. The Morgan fingerprint density at radius 2 is 2.16 bits per heavy atom. The molecule has 0 saturated carbocycles. The number of aliphatic hydroxyl groups excluding tert-OH is 1. The summed E-state index contributed by atoms with van der Waals surface area (Å²) < 4.78 is 26.9. The van der Waals surface area contributed by atoms with Gasteiger partial charge in [0, 0.05) is 19.6 Å². The Bertz CT molecular complexity index is 423. The average molecular weight is 292 g/mol. The highest BCUT2D eigenvalue weighted by Gasteiger charge is 2.39. The quantitative estimate of drug-likeness (QED) is 0.625. The molecule has 0 amide bonds. The van der Waals surface area contributed by atoms with Crippen LogP contribution in [0.4, 0.5) is 0 Å². The second-order valence-electron chi connectivity index (χ2n) is 4.34. The second-order valence-corrected chi connectivity index (χ2v) is 6.22. The average Bonchev–Trinajstić information content (AvgIpc) is 2.38. The largest absolute Gasteiger partial charge is 0.480 e. The Kier molecular flexibility index (Phi) is 5.92. The third-order valence-corrected chi connectivity index (χ3v) is 5.06. The summed E-state index contributed by atoms with van der Waals surface area (Å²) in [5.74, 6) is -1.13. The van der Waals surface area contributed by atoms with Gasteiger partial charge < -0.3 is 10.2 Å². The lowest BCUT2D eigenvalue weighted by Gasteiger charge is -2.35. The number of carboxylic acids is 1. The number of piperidine rings is 1. The van der Waals surface area contributed by atoms with Gasteiger partial charge in [-0.1, -0.05) is 6.08 Å². The maximum absolute atomic E-state index is 12.4. The third-order valence-electron chi connectivity index (χ3n) is 3.04. The van der Waals surface area contributed by atoms with Crippen molar-refractivity contribution >= 4 is 16.2 Å². The van der Waals surface area contributed by atoms with Crippen molar-refractivity contribution in [2.75, 3.05) is 26.2 Å². The van der Waals surface area contributed by atoms with Gasteiger partial charge in [-0.3, -0.25) is 4.79 Å². The Hall–Kier alpha value is -0.960. The molecule has 1 saturated heterocycles. The molecule has 1 aliphatic rings. The molecule has 2 N–H and O–H groups in total. The third kappa shape index (κ3) is 3.75. The molecule has 0 radical (unpaired) electrons. The summed E-state index contributed by atoms with van der Waals surface area (Å²) in [6.45, 7) is 3.32. The van der Waals surface area contributed by atoms with Gasteiger partial charge >= 0.3 is 5.97 Å². The molecule has 0 aliphatic carbocycles. The predicted molar refractivity (Wildman–Crippen MR) is 69.8 cm³/mol. The summed E-state index contributed by atoms with van der Waals surface area (Å²) in [7, 11) is -3.89. The molecule has 0 spiro atoms. The molecule has 1 fully saturated rings. The highest BCUT2D eigenvalue weighted by Crippen LogP contribution is 2.22. The van der Waals surface area contributed by atoms with Crippen LogP contribution in [0.2, 0.25) is 0 Å². The van der Waals surface area contributed by atoms with Crippen LogP contribution in [0.5, 0.6) is 0 Å². The molecule has 0 bridgehead atoms. The number of hydrogen-bond donors (Lipinski definition) is 2. The van der Waals surface area contributed by atoms with Crippen LogP contribution < -0.4 is 0 Å². The minimum absolute atomic E-state index is 0.0474. The van der Waals surface area contributed by atoms with Crippen LogP contribution in [0.3, 0.4) is 0 Å². The first-order chi connectivity index (χ1) is 8.95. The fraction of sp³-hybridized carbons (Fsp3) is 0.727. The topological polar surface area (TPSA) is 98.2 Å². The minimum atomic E-state index is -3.89. The van der Waals surface area contributed by atoms with Gasteiger partial charge in [0.1, 0.15) is 6.04 Å². The summed E-state index contributed by atoms with van der Waals surface area (Å²) in [4.78, 5) is 11.2. The Labute approximate surface area is 113 Å². The Balaban J connectivity index is 3.00. The first kappa shape index (κ1) is 16.1. The van der Waals surface area contributed by atoms with E-state index in [1.54, 1.807) is 0 Å². The summed E-state index contributed by atoms with van der Waals surface area (Å²) in [6, 6.07) is -1.02. The molecular weight excluding hydrogens is 272 g/mol. The molecule has 0 aromatic heterocycles. The van der Waals surface area contributed by atoms with Crippen LogP contribution in [0.25, 0.3) is 0 Å². The van der Waals surface area contributed by atoms with E-state index < -0.39 is 22.2 Å². The van der Waals surface area contributed by atoms with Gasteiger partial charge in [-0.05, 0) is 19.3 Å². The van der Waals surface area contributed by atoms with Crippen molar-refractivity contribution in [3.8, 4) is 0 Å². The first-order valence-electron chi connectivity index (χ1n) is 6.16. The normalized spacial score (nSPS) is 21.5. The lowest BCUT2D eigenvalue weighted by atomic mass is 10.1. The molecule has 1 atom stereocenters. The fourth-order valence-electron chi connectivity index (χ4n) is 2.13. The smallest absolute Gasteiger partial charge is 0.322 e. The lowest BCUT2D eigenvalue weighted by molar-refractivity contribution is -0.142. The van der Waals surface area contributed by atoms with E-state index in [0.717, 1.165) is 8.61 Å². The van der Waals surface area contributed by atoms with Crippen molar-refractivity contribution in [3.05, 3.63) is 12.7 Å². The molecule has 1 unspecified atom stereocenters. The molecule has 19 heavy (non-hydrogen) atoms. The molecule has 8 heteroatoms. The number of aliphatic hydroxyl groups is 1. The molecule has 7 nitrogen and oxygen atoms in total. The van der Waals surface area contributed by atoms with Crippen molar-refractivity contribution in [2.24, 2.45) is 0 Å². The Morgan fingerprint density at radius 3 is 2.68 bits per heavy atom.